The number of para-hydroxylation sites is 1. The summed E-state index contributed by atoms with van der Waals surface area (Å²) in [5.74, 6) is 0. The number of fused-ring (bicyclic) bond motifs is 1. The number of hydrogen-bond acceptors (Lipinski definition) is 9. The van der Waals surface area contributed by atoms with Gasteiger partial charge in [0.15, 0.2) is 6.29 Å². The van der Waals surface area contributed by atoms with Crippen LogP contribution in [0.1, 0.15) is 41.6 Å². The third-order valence-electron chi connectivity index (χ3n) is 8.63. The highest BCUT2D eigenvalue weighted by Crippen LogP contribution is 2.32. The first kappa shape index (κ1) is 34.9. The number of ether oxygens (including phenoxy) is 6. The number of aromatic nitrogens is 4. The highest BCUT2D eigenvalue weighted by Gasteiger charge is 2.49. The van der Waals surface area contributed by atoms with E-state index < -0.39 is 30.7 Å². The minimum Gasteiger partial charge on any atom is -0.379 e. The Hall–Kier alpha value is -3.94. The second-order valence-electron chi connectivity index (χ2n) is 12.2. The van der Waals surface area contributed by atoms with Gasteiger partial charge in [-0.3, -0.25) is 4.98 Å². The summed E-state index contributed by atoms with van der Waals surface area (Å²) >= 11 is 0. The lowest BCUT2D eigenvalue weighted by molar-refractivity contribution is -0.328. The van der Waals surface area contributed by atoms with Crippen LogP contribution in [0.2, 0.25) is 0 Å². The minimum absolute atomic E-state index is 0.263. The fourth-order valence-corrected chi connectivity index (χ4v) is 6.05. The van der Waals surface area contributed by atoms with Crippen LogP contribution in [-0.4, -0.2) is 77.0 Å². The Morgan fingerprint density at radius 3 is 2.37 bits per heavy atom. The highest BCUT2D eigenvalue weighted by atomic mass is 16.7. The van der Waals surface area contributed by atoms with Crippen molar-refractivity contribution in [3.8, 4) is 0 Å². The molecular formula is C38H47N5O6. The van der Waals surface area contributed by atoms with Crippen molar-refractivity contribution in [1.29, 1.82) is 0 Å². The van der Waals surface area contributed by atoms with Crippen molar-refractivity contribution >= 4 is 10.9 Å². The SMILES string of the molecule is NCCCCCOC[C@@H]1O[C@H](OCCc2c[nH]c3ccccc23)[C@H](OCc2cnc[nH]2)[C@H](OCc2ccccc2)[C@H]1OCc1cccnc1. The summed E-state index contributed by atoms with van der Waals surface area (Å²) in [6.45, 7) is 2.93. The molecule has 0 spiro atoms. The fraction of sp³-hybridized carbons (Fsp3) is 0.421. The Labute approximate surface area is 287 Å². The van der Waals surface area contributed by atoms with E-state index in [-0.39, 0.29) is 6.61 Å². The maximum absolute atomic E-state index is 6.76. The van der Waals surface area contributed by atoms with Gasteiger partial charge >= 0.3 is 0 Å². The summed E-state index contributed by atoms with van der Waals surface area (Å²) in [7, 11) is 0. The quantitative estimate of drug-likeness (QED) is 0.0921. The molecule has 11 heteroatoms. The second-order valence-corrected chi connectivity index (χ2v) is 12.2. The van der Waals surface area contributed by atoms with Crippen LogP contribution in [-0.2, 0) is 54.7 Å². The molecule has 260 valence electrons. The Kier molecular flexibility index (Phi) is 13.3. The van der Waals surface area contributed by atoms with Crippen LogP contribution in [0.5, 0.6) is 0 Å². The lowest BCUT2D eigenvalue weighted by Gasteiger charge is -2.45. The number of hydrogen-bond donors (Lipinski definition) is 3. The summed E-state index contributed by atoms with van der Waals surface area (Å²) < 4.78 is 39.5. The number of benzene rings is 2. The molecule has 2 aromatic carbocycles. The monoisotopic (exact) mass is 669 g/mol. The van der Waals surface area contributed by atoms with Crippen LogP contribution in [0.15, 0.2) is 97.8 Å². The van der Waals surface area contributed by atoms with Crippen molar-refractivity contribution in [3.05, 3.63) is 120 Å². The number of nitrogens with zero attached hydrogens (tertiary/aromatic N) is 2. The van der Waals surface area contributed by atoms with E-state index in [1.807, 2.05) is 60.8 Å². The maximum Gasteiger partial charge on any atom is 0.186 e. The van der Waals surface area contributed by atoms with E-state index in [1.165, 1.54) is 10.9 Å². The van der Waals surface area contributed by atoms with Crippen molar-refractivity contribution in [2.45, 2.75) is 76.2 Å². The molecule has 0 aliphatic carbocycles. The standard InChI is InChI=1S/C38H47N5O6/c39-16-7-2-8-18-44-26-34-35(46-24-29-12-9-17-40-20-29)36(47-23-28-10-3-1-4-11-28)37(48-25-31-22-41-27-43-31)38(49-34)45-19-15-30-21-42-33-14-6-5-13-32(30)33/h1,3-6,9-14,17,20-22,27,34-38,42H,2,7-8,15-16,18-19,23-26,39H2,(H,41,43)/t34-,35-,36+,37+,38-/m0/s1. The summed E-state index contributed by atoms with van der Waals surface area (Å²) in [4.78, 5) is 14.9. The lowest BCUT2D eigenvalue weighted by Crippen LogP contribution is -2.61. The number of rotatable bonds is 20. The van der Waals surface area contributed by atoms with Crippen LogP contribution in [0.3, 0.4) is 0 Å². The number of H-pyrrole nitrogens is 2. The van der Waals surface area contributed by atoms with Gasteiger partial charge < -0.3 is 44.1 Å². The molecule has 11 nitrogen and oxygen atoms in total. The summed E-state index contributed by atoms with van der Waals surface area (Å²) in [5.41, 5.74) is 10.8. The summed E-state index contributed by atoms with van der Waals surface area (Å²) in [5, 5.41) is 1.18. The van der Waals surface area contributed by atoms with Crippen molar-refractivity contribution < 1.29 is 28.4 Å². The zero-order valence-electron chi connectivity index (χ0n) is 27.8. The van der Waals surface area contributed by atoms with E-state index in [2.05, 4.69) is 32.1 Å². The average Bonchev–Trinajstić information content (AvgIpc) is 3.82. The molecule has 3 aromatic heterocycles. The fourth-order valence-electron chi connectivity index (χ4n) is 6.05. The normalized spacial score (nSPS) is 21.0. The zero-order chi connectivity index (χ0) is 33.5. The van der Waals surface area contributed by atoms with Crippen LogP contribution in [0.25, 0.3) is 10.9 Å². The Bertz CT molecular complexity index is 1620. The number of nitrogens with one attached hydrogen (secondary N) is 2. The molecule has 0 unspecified atom stereocenters. The molecule has 1 aliphatic heterocycles. The molecule has 0 bridgehead atoms. The Balaban J connectivity index is 1.25. The minimum atomic E-state index is -0.752. The van der Waals surface area contributed by atoms with Gasteiger partial charge in [0, 0.05) is 36.1 Å². The number of unbranched alkanes of at least 4 members (excludes halogenated alkanes) is 2. The van der Waals surface area contributed by atoms with Gasteiger partial charge in [-0.1, -0.05) is 54.6 Å². The van der Waals surface area contributed by atoms with Gasteiger partial charge in [0.2, 0.25) is 0 Å². The first-order valence-corrected chi connectivity index (χ1v) is 17.1. The molecular weight excluding hydrogens is 622 g/mol. The number of pyridine rings is 1. The van der Waals surface area contributed by atoms with Crippen LogP contribution in [0.4, 0.5) is 0 Å². The van der Waals surface area contributed by atoms with Gasteiger partial charge in [-0.05, 0) is 61.1 Å². The molecule has 0 radical (unpaired) electrons. The molecule has 0 amide bonds. The molecule has 5 atom stereocenters. The van der Waals surface area contributed by atoms with E-state index in [4.69, 9.17) is 34.2 Å². The summed E-state index contributed by atoms with van der Waals surface area (Å²) in [6.07, 6.45) is 9.59. The van der Waals surface area contributed by atoms with Gasteiger partial charge in [-0.25, -0.2) is 4.98 Å². The average molecular weight is 670 g/mol. The van der Waals surface area contributed by atoms with Crippen LogP contribution >= 0.6 is 0 Å². The van der Waals surface area contributed by atoms with Gasteiger partial charge in [-0.15, -0.1) is 0 Å². The second kappa shape index (κ2) is 18.7. The summed E-state index contributed by atoms with van der Waals surface area (Å²) in [6, 6.07) is 22.2. The Morgan fingerprint density at radius 1 is 0.714 bits per heavy atom. The molecule has 1 saturated heterocycles. The van der Waals surface area contributed by atoms with Crippen molar-refractivity contribution in [2.24, 2.45) is 5.73 Å². The molecule has 6 rings (SSSR count). The molecule has 4 N–H and O–H groups in total. The predicted molar refractivity (Wildman–Crippen MR) is 185 cm³/mol. The predicted octanol–water partition coefficient (Wildman–Crippen LogP) is 5.47. The van der Waals surface area contributed by atoms with Gasteiger partial charge in [0.25, 0.3) is 0 Å². The van der Waals surface area contributed by atoms with Gasteiger partial charge in [0.05, 0.1) is 51.3 Å². The topological polar surface area (TPSA) is 139 Å². The highest BCUT2D eigenvalue weighted by molar-refractivity contribution is 5.83. The molecule has 4 heterocycles. The third-order valence-corrected chi connectivity index (χ3v) is 8.63. The molecule has 5 aromatic rings. The van der Waals surface area contributed by atoms with Crippen molar-refractivity contribution in [2.75, 3.05) is 26.4 Å². The largest absolute Gasteiger partial charge is 0.379 e. The number of imidazole rings is 1. The van der Waals surface area contributed by atoms with Crippen molar-refractivity contribution in [3.63, 3.8) is 0 Å². The maximum atomic E-state index is 6.76. The van der Waals surface area contributed by atoms with Gasteiger partial charge in [-0.2, -0.15) is 0 Å². The van der Waals surface area contributed by atoms with Crippen LogP contribution < -0.4 is 5.73 Å². The van der Waals surface area contributed by atoms with E-state index in [1.54, 1.807) is 24.9 Å². The first-order valence-electron chi connectivity index (χ1n) is 17.1. The van der Waals surface area contributed by atoms with Crippen LogP contribution in [0, 0.1) is 0 Å². The molecule has 1 fully saturated rings. The molecule has 1 aliphatic rings. The van der Waals surface area contributed by atoms with Gasteiger partial charge in [0.1, 0.15) is 24.4 Å². The van der Waals surface area contributed by atoms with E-state index >= 15 is 0 Å². The van der Waals surface area contributed by atoms with E-state index in [0.29, 0.717) is 46.0 Å². The first-order chi connectivity index (χ1) is 24.3. The van der Waals surface area contributed by atoms with Crippen molar-refractivity contribution in [1.82, 2.24) is 19.9 Å². The molecule has 49 heavy (non-hydrogen) atoms. The zero-order valence-corrected chi connectivity index (χ0v) is 27.8. The smallest absolute Gasteiger partial charge is 0.186 e. The van der Waals surface area contributed by atoms with E-state index in [9.17, 15) is 0 Å². The van der Waals surface area contributed by atoms with E-state index in [0.717, 1.165) is 41.6 Å². The Morgan fingerprint density at radius 2 is 1.53 bits per heavy atom. The third kappa shape index (κ3) is 10.1. The molecule has 0 saturated carbocycles. The number of nitrogens with two attached hydrogens (primary N) is 1. The number of aromatic amines is 2. The lowest BCUT2D eigenvalue weighted by atomic mass is 9.97.